The minimum Gasteiger partial charge on any atom is -0.469 e. The van der Waals surface area contributed by atoms with Crippen molar-refractivity contribution in [3.05, 3.63) is 0 Å². The second kappa shape index (κ2) is 8.95. The van der Waals surface area contributed by atoms with Crippen LogP contribution in [0.3, 0.4) is 0 Å². The molecule has 1 unspecified atom stereocenters. The summed E-state index contributed by atoms with van der Waals surface area (Å²) in [5.74, 6) is 0.0314. The van der Waals surface area contributed by atoms with E-state index >= 15 is 0 Å². The highest BCUT2D eigenvalue weighted by Crippen LogP contribution is 2.19. The highest BCUT2D eigenvalue weighted by atomic mass is 16.5. The van der Waals surface area contributed by atoms with Crippen LogP contribution < -0.4 is 0 Å². The van der Waals surface area contributed by atoms with Gasteiger partial charge in [0.15, 0.2) is 0 Å². The first-order valence-corrected chi connectivity index (χ1v) is 7.63. The third-order valence-electron chi connectivity index (χ3n) is 3.97. The summed E-state index contributed by atoms with van der Waals surface area (Å²) >= 11 is 0. The summed E-state index contributed by atoms with van der Waals surface area (Å²) < 4.78 is 4.60. The topological polar surface area (TPSA) is 49.9 Å². The Morgan fingerprint density at radius 3 is 2.75 bits per heavy atom. The largest absolute Gasteiger partial charge is 0.469 e. The molecule has 1 aliphatic heterocycles. The van der Waals surface area contributed by atoms with E-state index in [4.69, 9.17) is 0 Å². The lowest BCUT2D eigenvalue weighted by molar-refractivity contribution is -0.140. The van der Waals surface area contributed by atoms with Crippen molar-refractivity contribution in [2.24, 2.45) is 0 Å². The summed E-state index contributed by atoms with van der Waals surface area (Å²) in [7, 11) is 3.33. The zero-order valence-corrected chi connectivity index (χ0v) is 13.1. The Morgan fingerprint density at radius 2 is 2.10 bits per heavy atom. The highest BCUT2D eigenvalue weighted by Gasteiger charge is 2.25. The zero-order chi connectivity index (χ0) is 15.0. The predicted octanol–water partition coefficient (Wildman–Crippen LogP) is 1.66. The Hall–Kier alpha value is -1.10. The molecule has 5 heteroatoms. The normalized spacial score (nSPS) is 19.2. The van der Waals surface area contributed by atoms with E-state index in [2.05, 4.69) is 11.7 Å². The van der Waals surface area contributed by atoms with Gasteiger partial charge in [0.2, 0.25) is 5.91 Å². The first-order chi connectivity index (χ1) is 9.58. The molecule has 116 valence electrons. The molecule has 0 bridgehead atoms. The maximum atomic E-state index is 12.3. The number of likely N-dealkylation sites (tertiary alicyclic amines) is 1. The standard InChI is InChI=1S/C15H28N2O3/c1-4-13-8-5-6-11-17(13)14(18)12-16(2)10-7-9-15(19)20-3/h13H,4-12H2,1-3H3. The van der Waals surface area contributed by atoms with E-state index < -0.39 is 0 Å². The molecule has 0 aromatic rings. The van der Waals surface area contributed by atoms with Crippen LogP contribution >= 0.6 is 0 Å². The van der Waals surface area contributed by atoms with Crippen LogP contribution in [0.2, 0.25) is 0 Å². The van der Waals surface area contributed by atoms with Crippen LogP contribution in [0.1, 0.15) is 45.4 Å². The Kier molecular flexibility index (Phi) is 7.59. The summed E-state index contributed by atoms with van der Waals surface area (Å²) in [6.07, 6.45) is 5.67. The van der Waals surface area contributed by atoms with E-state index in [0.29, 0.717) is 19.0 Å². The molecule has 0 aliphatic carbocycles. The molecule has 1 amide bonds. The van der Waals surface area contributed by atoms with Gasteiger partial charge in [-0.05, 0) is 45.7 Å². The molecule has 0 N–H and O–H groups in total. The van der Waals surface area contributed by atoms with Crippen molar-refractivity contribution in [2.75, 3.05) is 33.8 Å². The number of piperidine rings is 1. The highest BCUT2D eigenvalue weighted by molar-refractivity contribution is 5.78. The average molecular weight is 284 g/mol. The molecule has 0 spiro atoms. The van der Waals surface area contributed by atoms with Crippen molar-refractivity contribution >= 4 is 11.9 Å². The molecule has 5 nitrogen and oxygen atoms in total. The fraction of sp³-hybridized carbons (Fsp3) is 0.867. The van der Waals surface area contributed by atoms with Gasteiger partial charge in [-0.15, -0.1) is 0 Å². The SMILES string of the molecule is CCC1CCCCN1C(=O)CN(C)CCCC(=O)OC. The van der Waals surface area contributed by atoms with Gasteiger partial charge in [-0.2, -0.15) is 0 Å². The summed E-state index contributed by atoms with van der Waals surface area (Å²) in [6, 6.07) is 0.416. The Balaban J connectivity index is 2.31. The quantitative estimate of drug-likeness (QED) is 0.667. The molecule has 1 saturated heterocycles. The Bertz CT molecular complexity index is 320. The number of methoxy groups -OCH3 is 1. The van der Waals surface area contributed by atoms with Crippen LogP contribution in [-0.4, -0.2) is 61.5 Å². The van der Waals surface area contributed by atoms with Crippen molar-refractivity contribution in [2.45, 2.75) is 51.5 Å². The van der Waals surface area contributed by atoms with Crippen molar-refractivity contribution < 1.29 is 14.3 Å². The molecule has 0 saturated carbocycles. The maximum Gasteiger partial charge on any atom is 0.305 e. The number of nitrogens with zero attached hydrogens (tertiary/aromatic N) is 2. The molecule has 0 radical (unpaired) electrons. The first-order valence-electron chi connectivity index (χ1n) is 7.63. The van der Waals surface area contributed by atoms with Crippen molar-refractivity contribution in [3.8, 4) is 0 Å². The number of carbonyl (C=O) groups excluding carboxylic acids is 2. The van der Waals surface area contributed by atoms with Crippen LogP contribution in [0.15, 0.2) is 0 Å². The lowest BCUT2D eigenvalue weighted by Gasteiger charge is -2.36. The fourth-order valence-electron chi connectivity index (χ4n) is 2.75. The monoisotopic (exact) mass is 284 g/mol. The number of hydrogen-bond acceptors (Lipinski definition) is 4. The zero-order valence-electron chi connectivity index (χ0n) is 13.1. The lowest BCUT2D eigenvalue weighted by atomic mass is 10.00. The first kappa shape index (κ1) is 17.0. The van der Waals surface area contributed by atoms with Gasteiger partial charge in [0.05, 0.1) is 13.7 Å². The van der Waals surface area contributed by atoms with E-state index in [1.807, 2.05) is 16.8 Å². The van der Waals surface area contributed by atoms with Gasteiger partial charge in [-0.3, -0.25) is 14.5 Å². The third kappa shape index (κ3) is 5.49. The lowest BCUT2D eigenvalue weighted by Crippen LogP contribution is -2.47. The van der Waals surface area contributed by atoms with Gasteiger partial charge in [0.1, 0.15) is 0 Å². The van der Waals surface area contributed by atoms with Gasteiger partial charge < -0.3 is 9.64 Å². The second-order valence-corrected chi connectivity index (χ2v) is 5.56. The smallest absolute Gasteiger partial charge is 0.305 e. The third-order valence-corrected chi connectivity index (χ3v) is 3.97. The minimum absolute atomic E-state index is 0.188. The molecule has 1 atom stereocenters. The van der Waals surface area contributed by atoms with Gasteiger partial charge >= 0.3 is 5.97 Å². The van der Waals surface area contributed by atoms with E-state index in [1.54, 1.807) is 0 Å². The number of ether oxygens (including phenoxy) is 1. The number of amides is 1. The number of hydrogen-bond donors (Lipinski definition) is 0. The van der Waals surface area contributed by atoms with E-state index in [-0.39, 0.29) is 11.9 Å². The number of rotatable bonds is 7. The molecule has 0 aromatic carbocycles. The molecule has 1 fully saturated rings. The van der Waals surface area contributed by atoms with Crippen molar-refractivity contribution in [1.82, 2.24) is 9.80 Å². The number of esters is 1. The van der Waals surface area contributed by atoms with Crippen LogP contribution in [0.4, 0.5) is 0 Å². The summed E-state index contributed by atoms with van der Waals surface area (Å²) in [5.41, 5.74) is 0. The van der Waals surface area contributed by atoms with E-state index in [0.717, 1.165) is 38.8 Å². The average Bonchev–Trinajstić information content (AvgIpc) is 2.46. The molecular weight excluding hydrogens is 256 g/mol. The predicted molar refractivity (Wildman–Crippen MR) is 78.4 cm³/mol. The van der Waals surface area contributed by atoms with Crippen LogP contribution in [0, 0.1) is 0 Å². The summed E-state index contributed by atoms with van der Waals surface area (Å²) in [4.78, 5) is 27.4. The van der Waals surface area contributed by atoms with Gasteiger partial charge in [-0.25, -0.2) is 0 Å². The number of likely N-dealkylation sites (N-methyl/N-ethyl adjacent to an activating group) is 1. The van der Waals surface area contributed by atoms with Crippen LogP contribution in [0.25, 0.3) is 0 Å². The maximum absolute atomic E-state index is 12.3. The molecule has 1 rings (SSSR count). The number of carbonyl (C=O) groups is 2. The van der Waals surface area contributed by atoms with Gasteiger partial charge in [0, 0.05) is 19.0 Å². The summed E-state index contributed by atoms with van der Waals surface area (Å²) in [6.45, 7) is 4.23. The van der Waals surface area contributed by atoms with Gasteiger partial charge in [-0.1, -0.05) is 6.92 Å². The Morgan fingerprint density at radius 1 is 1.35 bits per heavy atom. The second-order valence-electron chi connectivity index (χ2n) is 5.56. The molecule has 1 aliphatic rings. The molecule has 1 heterocycles. The van der Waals surface area contributed by atoms with Crippen LogP contribution in [0.5, 0.6) is 0 Å². The molecular formula is C15H28N2O3. The fourth-order valence-corrected chi connectivity index (χ4v) is 2.75. The minimum atomic E-state index is -0.188. The Labute approximate surface area is 122 Å². The van der Waals surface area contributed by atoms with Crippen LogP contribution in [-0.2, 0) is 14.3 Å². The van der Waals surface area contributed by atoms with E-state index in [1.165, 1.54) is 13.5 Å². The van der Waals surface area contributed by atoms with E-state index in [9.17, 15) is 9.59 Å². The van der Waals surface area contributed by atoms with Crippen molar-refractivity contribution in [3.63, 3.8) is 0 Å². The molecule has 20 heavy (non-hydrogen) atoms. The molecule has 0 aromatic heterocycles. The van der Waals surface area contributed by atoms with Crippen molar-refractivity contribution in [1.29, 1.82) is 0 Å². The summed E-state index contributed by atoms with van der Waals surface area (Å²) in [5, 5.41) is 0. The van der Waals surface area contributed by atoms with Gasteiger partial charge in [0.25, 0.3) is 0 Å².